The molecule has 0 aromatic carbocycles. The summed E-state index contributed by atoms with van der Waals surface area (Å²) in [7, 11) is 1.30. The van der Waals surface area contributed by atoms with Gasteiger partial charge in [0.2, 0.25) is 0 Å². The van der Waals surface area contributed by atoms with Crippen LogP contribution in [0.3, 0.4) is 0 Å². The molecule has 2 aliphatic rings. The molecule has 2 saturated heterocycles. The Morgan fingerprint density at radius 3 is 2.50 bits per heavy atom. The van der Waals surface area contributed by atoms with Crippen LogP contribution in [0, 0.1) is 0 Å². The van der Waals surface area contributed by atoms with Gasteiger partial charge in [-0.1, -0.05) is 10.8 Å². The Bertz CT molecular complexity index is 435. The van der Waals surface area contributed by atoms with Crippen LogP contribution in [0.1, 0.15) is 33.1 Å². The molecule has 0 aliphatic carbocycles. The highest BCUT2D eigenvalue weighted by atomic mass is 33.1. The Kier molecular flexibility index (Phi) is 7.83. The fraction of sp³-hybridized carbons (Fsp3) is 0.867. The molecule has 2 aliphatic heterocycles. The summed E-state index contributed by atoms with van der Waals surface area (Å²) in [6, 6.07) is -0.0748. The van der Waals surface area contributed by atoms with Crippen LogP contribution in [-0.2, 0) is 4.74 Å². The maximum atomic E-state index is 12.2. The predicted molar refractivity (Wildman–Crippen MR) is 99.3 cm³/mol. The highest BCUT2D eigenvalue weighted by Crippen LogP contribution is 2.15. The molecule has 24 heavy (non-hydrogen) atoms. The largest absolute Gasteiger partial charge is 0.374 e. The van der Waals surface area contributed by atoms with E-state index < -0.39 is 0 Å². The molecule has 0 bridgehead atoms. The van der Waals surface area contributed by atoms with Gasteiger partial charge in [0.1, 0.15) is 0 Å². The van der Waals surface area contributed by atoms with Crippen LogP contribution in [0.25, 0.3) is 0 Å². The lowest BCUT2D eigenvalue weighted by Crippen LogP contribution is -2.52. The second-order valence-corrected chi connectivity index (χ2v) is 7.97. The first-order valence-corrected chi connectivity index (χ1v) is 10.5. The maximum Gasteiger partial charge on any atom is 0.318 e. The number of carbonyl (C=O) groups excluding carboxylic acids is 2. The predicted octanol–water partition coefficient (Wildman–Crippen LogP) is 1.90. The smallest absolute Gasteiger partial charge is 0.318 e. The van der Waals surface area contributed by atoms with E-state index in [2.05, 4.69) is 22.3 Å². The number of ether oxygens (including phenoxy) is 1. The van der Waals surface area contributed by atoms with E-state index in [1.54, 1.807) is 4.90 Å². The fourth-order valence-electron chi connectivity index (χ4n) is 3.01. The van der Waals surface area contributed by atoms with Gasteiger partial charge in [0.05, 0.1) is 18.1 Å². The zero-order valence-corrected chi connectivity index (χ0v) is 16.1. The topological polar surface area (TPSA) is 73.9 Å². The number of rotatable bonds is 5. The van der Waals surface area contributed by atoms with Crippen molar-refractivity contribution in [2.45, 2.75) is 50.6 Å². The first kappa shape index (κ1) is 19.5. The van der Waals surface area contributed by atoms with Gasteiger partial charge in [0.25, 0.3) is 0 Å². The minimum atomic E-state index is -0.0916. The van der Waals surface area contributed by atoms with Gasteiger partial charge in [-0.2, -0.15) is 0 Å². The Morgan fingerprint density at radius 1 is 1.17 bits per heavy atom. The molecule has 138 valence electrons. The van der Waals surface area contributed by atoms with Crippen molar-refractivity contribution in [2.24, 2.45) is 0 Å². The third kappa shape index (κ3) is 5.93. The number of amides is 4. The molecule has 0 aromatic rings. The van der Waals surface area contributed by atoms with E-state index in [9.17, 15) is 9.59 Å². The average molecular weight is 377 g/mol. The molecule has 4 amide bonds. The van der Waals surface area contributed by atoms with Gasteiger partial charge in [-0.3, -0.25) is 0 Å². The average Bonchev–Trinajstić information content (AvgIpc) is 3.09. The standard InChI is InChI=1S/C15H28N4O3S2/c1-11(16-14(20)18-5-3-4-6-18)9-13-10-19(7-8-22-13)15(21)17-12(2)24-23/h11-13,23H,3-10H2,1-2H3,(H,16,20)(H,17,21). The van der Waals surface area contributed by atoms with Gasteiger partial charge in [-0.15, -0.1) is 11.7 Å². The number of urea groups is 2. The molecule has 7 nitrogen and oxygen atoms in total. The van der Waals surface area contributed by atoms with Crippen molar-refractivity contribution >= 4 is 34.5 Å². The normalized spacial score (nSPS) is 23.7. The van der Waals surface area contributed by atoms with Gasteiger partial charge < -0.3 is 25.2 Å². The first-order chi connectivity index (χ1) is 11.5. The third-order valence-electron chi connectivity index (χ3n) is 4.29. The van der Waals surface area contributed by atoms with E-state index in [1.807, 2.05) is 18.7 Å². The monoisotopic (exact) mass is 376 g/mol. The van der Waals surface area contributed by atoms with Crippen molar-refractivity contribution in [3.8, 4) is 0 Å². The van der Waals surface area contributed by atoms with Crippen molar-refractivity contribution in [1.29, 1.82) is 0 Å². The number of hydrogen-bond acceptors (Lipinski definition) is 5. The van der Waals surface area contributed by atoms with Crippen LogP contribution in [0.2, 0.25) is 0 Å². The van der Waals surface area contributed by atoms with Crippen LogP contribution in [0.4, 0.5) is 9.59 Å². The minimum absolute atomic E-state index is 0.00466. The SMILES string of the molecule is CC(CC1CN(C(=O)NC(C)SS)CCO1)NC(=O)N1CCCC1. The number of carbonyl (C=O) groups is 2. The van der Waals surface area contributed by atoms with Gasteiger partial charge in [-0.05, 0) is 33.1 Å². The van der Waals surface area contributed by atoms with Crippen molar-refractivity contribution in [1.82, 2.24) is 20.4 Å². The number of morpholine rings is 1. The second-order valence-electron chi connectivity index (χ2n) is 6.42. The highest BCUT2D eigenvalue weighted by molar-refractivity contribution is 8.68. The van der Waals surface area contributed by atoms with E-state index >= 15 is 0 Å². The molecule has 2 heterocycles. The minimum Gasteiger partial charge on any atom is -0.374 e. The summed E-state index contributed by atoms with van der Waals surface area (Å²) in [5, 5.41) is 5.87. The fourth-order valence-corrected chi connectivity index (χ4v) is 3.33. The second kappa shape index (κ2) is 9.62. The zero-order chi connectivity index (χ0) is 17.5. The Morgan fingerprint density at radius 2 is 1.83 bits per heavy atom. The molecule has 2 fully saturated rings. The lowest BCUT2D eigenvalue weighted by molar-refractivity contribution is -0.0213. The molecule has 0 saturated carbocycles. The molecular weight excluding hydrogens is 348 g/mol. The summed E-state index contributed by atoms with van der Waals surface area (Å²) in [5.74, 6) is 0. The zero-order valence-electron chi connectivity index (χ0n) is 14.4. The summed E-state index contributed by atoms with van der Waals surface area (Å²) in [6.07, 6.45) is 2.80. The summed E-state index contributed by atoms with van der Waals surface area (Å²) >= 11 is 4.10. The summed E-state index contributed by atoms with van der Waals surface area (Å²) in [6.45, 7) is 7.20. The number of likely N-dealkylation sites (tertiary alicyclic amines) is 1. The molecule has 0 spiro atoms. The molecule has 0 aromatic heterocycles. The van der Waals surface area contributed by atoms with E-state index in [1.165, 1.54) is 10.8 Å². The van der Waals surface area contributed by atoms with Gasteiger partial charge >= 0.3 is 12.1 Å². The Hall–Kier alpha value is -0.800. The molecule has 3 atom stereocenters. The van der Waals surface area contributed by atoms with E-state index in [0.29, 0.717) is 26.1 Å². The molecular formula is C15H28N4O3S2. The van der Waals surface area contributed by atoms with Crippen LogP contribution in [-0.4, -0.2) is 72.2 Å². The lowest BCUT2D eigenvalue weighted by atomic mass is 10.1. The van der Waals surface area contributed by atoms with Crippen molar-refractivity contribution in [3.05, 3.63) is 0 Å². The summed E-state index contributed by atoms with van der Waals surface area (Å²) < 4.78 is 5.76. The molecule has 2 rings (SSSR count). The lowest BCUT2D eigenvalue weighted by Gasteiger charge is -2.34. The van der Waals surface area contributed by atoms with Crippen molar-refractivity contribution in [3.63, 3.8) is 0 Å². The number of nitrogens with zero attached hydrogens (tertiary/aromatic N) is 2. The first-order valence-electron chi connectivity index (χ1n) is 8.52. The molecule has 2 N–H and O–H groups in total. The third-order valence-corrected chi connectivity index (χ3v) is 5.67. The van der Waals surface area contributed by atoms with E-state index in [4.69, 9.17) is 4.74 Å². The van der Waals surface area contributed by atoms with Crippen LogP contribution in [0.5, 0.6) is 0 Å². The van der Waals surface area contributed by atoms with Crippen molar-refractivity contribution < 1.29 is 14.3 Å². The molecule has 3 unspecified atom stereocenters. The number of thiol groups is 1. The highest BCUT2D eigenvalue weighted by Gasteiger charge is 2.27. The van der Waals surface area contributed by atoms with Crippen LogP contribution in [0.15, 0.2) is 0 Å². The number of hydrogen-bond donors (Lipinski definition) is 3. The molecule has 9 heteroatoms. The Labute approximate surface area is 153 Å². The van der Waals surface area contributed by atoms with Gasteiger partial charge in [-0.25, -0.2) is 9.59 Å². The number of nitrogens with one attached hydrogen (secondary N) is 2. The van der Waals surface area contributed by atoms with E-state index in [-0.39, 0.29) is 29.6 Å². The van der Waals surface area contributed by atoms with E-state index in [0.717, 1.165) is 25.9 Å². The Balaban J connectivity index is 1.75. The summed E-state index contributed by atoms with van der Waals surface area (Å²) in [4.78, 5) is 27.9. The van der Waals surface area contributed by atoms with Gasteiger partial charge in [0.15, 0.2) is 0 Å². The summed E-state index contributed by atoms with van der Waals surface area (Å²) in [5.41, 5.74) is 0. The van der Waals surface area contributed by atoms with Crippen LogP contribution >= 0.6 is 22.5 Å². The van der Waals surface area contributed by atoms with Gasteiger partial charge in [0, 0.05) is 32.2 Å². The quantitative estimate of drug-likeness (QED) is 0.389. The molecule has 0 radical (unpaired) electrons. The maximum absolute atomic E-state index is 12.2. The van der Waals surface area contributed by atoms with Crippen LogP contribution < -0.4 is 10.6 Å². The van der Waals surface area contributed by atoms with Crippen molar-refractivity contribution in [2.75, 3.05) is 32.8 Å².